The Hall–Kier alpha value is -1.69. The second-order valence-corrected chi connectivity index (χ2v) is 4.43. The molecule has 2 rings (SSSR count). The van der Waals surface area contributed by atoms with Gasteiger partial charge in [0.15, 0.2) is 5.82 Å². The monoisotopic (exact) mass is 310 g/mol. The van der Waals surface area contributed by atoms with Gasteiger partial charge in [-0.15, -0.1) is 0 Å². The van der Waals surface area contributed by atoms with E-state index in [-0.39, 0.29) is 5.82 Å². The van der Waals surface area contributed by atoms with Crippen molar-refractivity contribution in [1.29, 1.82) is 0 Å². The number of nitrogens with one attached hydrogen (secondary N) is 2. The molecule has 1 heterocycles. The second kappa shape index (κ2) is 5.77. The van der Waals surface area contributed by atoms with Crippen LogP contribution in [0.5, 0.6) is 0 Å². The highest BCUT2D eigenvalue weighted by Gasteiger charge is 2.02. The van der Waals surface area contributed by atoms with Crippen LogP contribution in [0.15, 0.2) is 35.1 Å². The number of halogens is 2. The number of rotatable bonds is 4. The highest BCUT2D eigenvalue weighted by molar-refractivity contribution is 9.10. The third kappa shape index (κ3) is 3.16. The SMILES string of the molecule is CCNc1cncc(Nc2ccc(F)c(Br)c2)n1. The van der Waals surface area contributed by atoms with Gasteiger partial charge in [0.05, 0.1) is 16.9 Å². The number of nitrogens with zero attached hydrogens (tertiary/aromatic N) is 2. The van der Waals surface area contributed by atoms with Crippen molar-refractivity contribution < 1.29 is 4.39 Å². The van der Waals surface area contributed by atoms with Gasteiger partial charge in [0.2, 0.25) is 0 Å². The average molecular weight is 311 g/mol. The molecule has 0 radical (unpaired) electrons. The molecule has 0 saturated heterocycles. The first-order valence-electron chi connectivity index (χ1n) is 5.47. The van der Waals surface area contributed by atoms with Crippen LogP contribution in [0.1, 0.15) is 6.92 Å². The Labute approximate surface area is 113 Å². The molecule has 0 aliphatic carbocycles. The first-order valence-corrected chi connectivity index (χ1v) is 6.26. The molecule has 6 heteroatoms. The summed E-state index contributed by atoms with van der Waals surface area (Å²) in [6.45, 7) is 2.76. The molecule has 0 bridgehead atoms. The maximum Gasteiger partial charge on any atom is 0.151 e. The van der Waals surface area contributed by atoms with Gasteiger partial charge >= 0.3 is 0 Å². The zero-order valence-corrected chi connectivity index (χ0v) is 11.3. The van der Waals surface area contributed by atoms with Crippen LogP contribution in [0.4, 0.5) is 21.7 Å². The van der Waals surface area contributed by atoms with E-state index in [9.17, 15) is 4.39 Å². The van der Waals surface area contributed by atoms with Crippen molar-refractivity contribution in [2.24, 2.45) is 0 Å². The standard InChI is InChI=1S/C12H12BrFN4/c1-2-16-11-6-15-7-12(18-11)17-8-3-4-10(14)9(13)5-8/h3-7H,2H2,1H3,(H2,16,17,18). The predicted molar refractivity (Wildman–Crippen MR) is 73.6 cm³/mol. The van der Waals surface area contributed by atoms with Crippen molar-refractivity contribution in [2.45, 2.75) is 6.92 Å². The van der Waals surface area contributed by atoms with E-state index in [1.165, 1.54) is 6.07 Å². The van der Waals surface area contributed by atoms with Crippen LogP contribution < -0.4 is 10.6 Å². The Bertz CT molecular complexity index is 547. The van der Waals surface area contributed by atoms with Crippen molar-refractivity contribution in [1.82, 2.24) is 9.97 Å². The molecule has 1 aromatic carbocycles. The molecule has 0 spiro atoms. The van der Waals surface area contributed by atoms with Crippen LogP contribution in [-0.4, -0.2) is 16.5 Å². The van der Waals surface area contributed by atoms with Crippen LogP contribution in [0.25, 0.3) is 0 Å². The molecule has 0 unspecified atom stereocenters. The van der Waals surface area contributed by atoms with E-state index in [1.807, 2.05) is 6.92 Å². The lowest BCUT2D eigenvalue weighted by Gasteiger charge is -2.08. The number of benzene rings is 1. The van der Waals surface area contributed by atoms with Crippen LogP contribution >= 0.6 is 15.9 Å². The van der Waals surface area contributed by atoms with Gasteiger partial charge in [-0.25, -0.2) is 9.37 Å². The predicted octanol–water partition coefficient (Wildman–Crippen LogP) is 3.55. The summed E-state index contributed by atoms with van der Waals surface area (Å²) in [6.07, 6.45) is 3.26. The fourth-order valence-corrected chi connectivity index (χ4v) is 1.79. The molecule has 18 heavy (non-hydrogen) atoms. The van der Waals surface area contributed by atoms with E-state index in [0.717, 1.165) is 12.2 Å². The lowest BCUT2D eigenvalue weighted by molar-refractivity contribution is 0.621. The van der Waals surface area contributed by atoms with Crippen molar-refractivity contribution in [3.05, 3.63) is 40.9 Å². The third-order valence-electron chi connectivity index (χ3n) is 2.18. The van der Waals surface area contributed by atoms with Crippen LogP contribution in [0, 0.1) is 5.82 Å². The summed E-state index contributed by atoms with van der Waals surface area (Å²) in [5.74, 6) is 1.00. The largest absolute Gasteiger partial charge is 0.369 e. The van der Waals surface area contributed by atoms with Gasteiger partial charge in [-0.3, -0.25) is 4.98 Å². The van der Waals surface area contributed by atoms with Crippen LogP contribution in [0.2, 0.25) is 0 Å². The molecule has 0 aliphatic rings. The molecule has 1 aromatic heterocycles. The second-order valence-electron chi connectivity index (χ2n) is 3.57. The maximum absolute atomic E-state index is 13.1. The smallest absolute Gasteiger partial charge is 0.151 e. The Morgan fingerprint density at radius 3 is 2.78 bits per heavy atom. The molecule has 0 aliphatic heterocycles. The van der Waals surface area contributed by atoms with Gasteiger partial charge in [-0.05, 0) is 41.1 Å². The minimum absolute atomic E-state index is 0.298. The summed E-state index contributed by atoms with van der Waals surface area (Å²) in [5, 5.41) is 6.13. The number of aromatic nitrogens is 2. The molecule has 0 amide bonds. The lowest BCUT2D eigenvalue weighted by atomic mass is 10.3. The highest BCUT2D eigenvalue weighted by atomic mass is 79.9. The molecule has 2 N–H and O–H groups in total. The molecule has 0 atom stereocenters. The van der Waals surface area contributed by atoms with E-state index in [4.69, 9.17) is 0 Å². The summed E-state index contributed by atoms with van der Waals surface area (Å²) in [4.78, 5) is 8.38. The Morgan fingerprint density at radius 1 is 1.28 bits per heavy atom. The normalized spacial score (nSPS) is 10.2. The summed E-state index contributed by atoms with van der Waals surface area (Å²) in [6, 6.07) is 4.67. The summed E-state index contributed by atoms with van der Waals surface area (Å²) < 4.78 is 13.5. The number of hydrogen-bond donors (Lipinski definition) is 2. The quantitative estimate of drug-likeness (QED) is 0.906. The fraction of sp³-hybridized carbons (Fsp3) is 0.167. The number of hydrogen-bond acceptors (Lipinski definition) is 4. The van der Waals surface area contributed by atoms with Crippen molar-refractivity contribution in [3.8, 4) is 0 Å². The highest BCUT2D eigenvalue weighted by Crippen LogP contribution is 2.22. The molecular weight excluding hydrogens is 299 g/mol. The van der Waals surface area contributed by atoms with Crippen LogP contribution in [0.3, 0.4) is 0 Å². The van der Waals surface area contributed by atoms with Crippen molar-refractivity contribution >= 4 is 33.3 Å². The van der Waals surface area contributed by atoms with Gasteiger partial charge in [-0.1, -0.05) is 0 Å². The molecule has 0 saturated carbocycles. The van der Waals surface area contributed by atoms with Gasteiger partial charge in [0.25, 0.3) is 0 Å². The van der Waals surface area contributed by atoms with Gasteiger partial charge < -0.3 is 10.6 Å². The minimum Gasteiger partial charge on any atom is -0.369 e. The Morgan fingerprint density at radius 2 is 2.06 bits per heavy atom. The molecule has 0 fully saturated rings. The van der Waals surface area contributed by atoms with Crippen molar-refractivity contribution in [2.75, 3.05) is 17.2 Å². The van der Waals surface area contributed by atoms with Gasteiger partial charge in [0, 0.05) is 12.2 Å². The third-order valence-corrected chi connectivity index (χ3v) is 2.79. The summed E-state index contributed by atoms with van der Waals surface area (Å²) in [7, 11) is 0. The Kier molecular flexibility index (Phi) is 4.09. The minimum atomic E-state index is -0.298. The van der Waals surface area contributed by atoms with E-state index in [0.29, 0.717) is 16.1 Å². The molecule has 94 valence electrons. The fourth-order valence-electron chi connectivity index (χ4n) is 1.41. The first kappa shape index (κ1) is 12.8. The average Bonchev–Trinajstić information content (AvgIpc) is 2.35. The van der Waals surface area contributed by atoms with E-state index in [1.54, 1.807) is 24.5 Å². The topological polar surface area (TPSA) is 49.8 Å². The zero-order chi connectivity index (χ0) is 13.0. The van der Waals surface area contributed by atoms with Crippen molar-refractivity contribution in [3.63, 3.8) is 0 Å². The Balaban J connectivity index is 2.17. The summed E-state index contributed by atoms with van der Waals surface area (Å²) >= 11 is 3.14. The number of anilines is 3. The molecule has 4 nitrogen and oxygen atoms in total. The van der Waals surface area contributed by atoms with E-state index in [2.05, 4.69) is 36.5 Å². The van der Waals surface area contributed by atoms with Gasteiger partial charge in [0.1, 0.15) is 11.6 Å². The van der Waals surface area contributed by atoms with E-state index < -0.39 is 0 Å². The summed E-state index contributed by atoms with van der Waals surface area (Å²) in [5.41, 5.74) is 0.742. The maximum atomic E-state index is 13.1. The molecule has 2 aromatic rings. The lowest BCUT2D eigenvalue weighted by Crippen LogP contribution is -2.02. The first-order chi connectivity index (χ1) is 8.69. The van der Waals surface area contributed by atoms with E-state index >= 15 is 0 Å². The zero-order valence-electron chi connectivity index (χ0n) is 9.74. The van der Waals surface area contributed by atoms with Gasteiger partial charge in [-0.2, -0.15) is 0 Å². The van der Waals surface area contributed by atoms with Crippen LogP contribution in [-0.2, 0) is 0 Å². The molecular formula is C12H12BrFN4.